The molecule has 1 aromatic heterocycles. The third-order valence-electron chi connectivity index (χ3n) is 2.54. The van der Waals surface area contributed by atoms with E-state index in [4.69, 9.17) is 23.2 Å². The van der Waals surface area contributed by atoms with Crippen LogP contribution in [0.1, 0.15) is 16.1 Å². The summed E-state index contributed by atoms with van der Waals surface area (Å²) in [4.78, 5) is 26.4. The summed E-state index contributed by atoms with van der Waals surface area (Å²) in [7, 11) is 0. The Bertz CT molecular complexity index is 720. The van der Waals surface area contributed by atoms with Gasteiger partial charge in [0.05, 0.1) is 10.0 Å². The van der Waals surface area contributed by atoms with Crippen molar-refractivity contribution in [3.05, 3.63) is 61.7 Å². The summed E-state index contributed by atoms with van der Waals surface area (Å²) >= 11 is 11.2. The fourth-order valence-corrected chi connectivity index (χ4v) is 2.06. The number of aromatic nitrogens is 1. The minimum absolute atomic E-state index is 0.0628. The number of benzene rings is 1. The number of anilines is 1. The molecule has 0 bridgehead atoms. The second-order valence-corrected chi connectivity index (χ2v) is 4.92. The zero-order valence-corrected chi connectivity index (χ0v) is 11.8. The molecule has 7 heteroatoms. The molecule has 0 fully saturated rings. The van der Waals surface area contributed by atoms with Gasteiger partial charge in [0.15, 0.2) is 11.2 Å². The first-order valence-electron chi connectivity index (χ1n) is 5.53. The summed E-state index contributed by atoms with van der Waals surface area (Å²) in [5, 5.41) is 2.00. The van der Waals surface area contributed by atoms with Crippen molar-refractivity contribution < 1.29 is 9.18 Å². The van der Waals surface area contributed by atoms with E-state index in [0.717, 1.165) is 0 Å². The second kappa shape index (κ2) is 5.64. The Morgan fingerprint density at radius 1 is 1.25 bits per heavy atom. The van der Waals surface area contributed by atoms with Gasteiger partial charge < -0.3 is 10.3 Å². The van der Waals surface area contributed by atoms with Crippen molar-refractivity contribution in [2.24, 2.45) is 0 Å². The summed E-state index contributed by atoms with van der Waals surface area (Å²) in [6, 6.07) is 3.73. The van der Waals surface area contributed by atoms with Gasteiger partial charge in [0, 0.05) is 23.6 Å². The average Bonchev–Trinajstić information content (AvgIpc) is 2.35. The number of halogens is 3. The van der Waals surface area contributed by atoms with Crippen molar-refractivity contribution in [3.63, 3.8) is 0 Å². The van der Waals surface area contributed by atoms with E-state index in [1.807, 2.05) is 0 Å². The maximum atomic E-state index is 13.2. The van der Waals surface area contributed by atoms with E-state index in [9.17, 15) is 14.0 Å². The highest BCUT2D eigenvalue weighted by Gasteiger charge is 2.13. The SMILES string of the molecule is Cc1cc(=O)c(C(=O)Nc2cc(Cl)c(F)c(Cl)c2)c[nH]1. The molecule has 104 valence electrons. The maximum Gasteiger partial charge on any atom is 0.261 e. The first-order chi connectivity index (χ1) is 9.38. The maximum absolute atomic E-state index is 13.2. The molecule has 20 heavy (non-hydrogen) atoms. The Balaban J connectivity index is 2.30. The van der Waals surface area contributed by atoms with Gasteiger partial charge in [-0.2, -0.15) is 0 Å². The van der Waals surface area contributed by atoms with Crippen LogP contribution in [0.5, 0.6) is 0 Å². The van der Waals surface area contributed by atoms with Crippen LogP contribution in [0.3, 0.4) is 0 Å². The molecule has 0 spiro atoms. The number of hydrogen-bond acceptors (Lipinski definition) is 2. The Labute approximate surface area is 123 Å². The van der Waals surface area contributed by atoms with Crippen LogP contribution in [-0.2, 0) is 0 Å². The number of H-pyrrole nitrogens is 1. The molecule has 0 saturated carbocycles. The summed E-state index contributed by atoms with van der Waals surface area (Å²) in [6.07, 6.45) is 1.31. The lowest BCUT2D eigenvalue weighted by Crippen LogP contribution is -2.21. The second-order valence-electron chi connectivity index (χ2n) is 4.10. The van der Waals surface area contributed by atoms with E-state index in [1.165, 1.54) is 24.4 Å². The number of carbonyl (C=O) groups excluding carboxylic acids is 1. The normalized spacial score (nSPS) is 10.4. The van der Waals surface area contributed by atoms with Gasteiger partial charge in [-0.3, -0.25) is 9.59 Å². The highest BCUT2D eigenvalue weighted by atomic mass is 35.5. The highest BCUT2D eigenvalue weighted by Crippen LogP contribution is 2.27. The average molecular weight is 315 g/mol. The van der Waals surface area contributed by atoms with E-state index in [0.29, 0.717) is 5.69 Å². The third-order valence-corrected chi connectivity index (χ3v) is 3.09. The standard InChI is InChI=1S/C13H9Cl2FN2O2/c1-6-2-11(19)8(5-17-6)13(20)18-7-3-9(14)12(16)10(15)4-7/h2-5H,1H3,(H,17,19)(H,18,20). The third kappa shape index (κ3) is 3.00. The number of aromatic amines is 1. The predicted octanol–water partition coefficient (Wildman–Crippen LogP) is 3.38. The van der Waals surface area contributed by atoms with Crippen LogP contribution in [0.25, 0.3) is 0 Å². The van der Waals surface area contributed by atoms with Gasteiger partial charge in [-0.1, -0.05) is 23.2 Å². The number of carbonyl (C=O) groups is 1. The molecule has 1 heterocycles. The molecule has 2 N–H and O–H groups in total. The molecule has 4 nitrogen and oxygen atoms in total. The number of aryl methyl sites for hydroxylation is 1. The van der Waals surface area contributed by atoms with Crippen LogP contribution < -0.4 is 10.7 Å². The first-order valence-corrected chi connectivity index (χ1v) is 6.29. The van der Waals surface area contributed by atoms with Gasteiger partial charge in [0.25, 0.3) is 5.91 Å². The summed E-state index contributed by atoms with van der Waals surface area (Å²) in [6.45, 7) is 1.70. The molecule has 1 amide bonds. The van der Waals surface area contributed by atoms with E-state index in [-0.39, 0.29) is 21.3 Å². The van der Waals surface area contributed by atoms with Crippen molar-refractivity contribution >= 4 is 34.8 Å². The van der Waals surface area contributed by atoms with Crippen LogP contribution in [0.2, 0.25) is 10.0 Å². The predicted molar refractivity (Wildman–Crippen MR) is 76.2 cm³/mol. The minimum atomic E-state index is -0.764. The lowest BCUT2D eigenvalue weighted by atomic mass is 10.2. The van der Waals surface area contributed by atoms with Crippen molar-refractivity contribution in [1.82, 2.24) is 4.98 Å². The molecule has 0 aliphatic carbocycles. The van der Waals surface area contributed by atoms with Crippen molar-refractivity contribution in [2.45, 2.75) is 6.92 Å². The number of pyridine rings is 1. The van der Waals surface area contributed by atoms with E-state index in [2.05, 4.69) is 10.3 Å². The van der Waals surface area contributed by atoms with Gasteiger partial charge in [0.2, 0.25) is 0 Å². The fourth-order valence-electron chi connectivity index (χ4n) is 1.58. The molecular formula is C13H9Cl2FN2O2. The van der Waals surface area contributed by atoms with E-state index < -0.39 is 17.2 Å². The van der Waals surface area contributed by atoms with E-state index in [1.54, 1.807) is 6.92 Å². The molecule has 0 atom stereocenters. The van der Waals surface area contributed by atoms with Gasteiger partial charge in [-0.15, -0.1) is 0 Å². The molecule has 0 aliphatic rings. The Morgan fingerprint density at radius 2 is 1.85 bits per heavy atom. The lowest BCUT2D eigenvalue weighted by molar-refractivity contribution is 0.102. The highest BCUT2D eigenvalue weighted by molar-refractivity contribution is 6.35. The summed E-state index contributed by atoms with van der Waals surface area (Å²) < 4.78 is 13.2. The molecule has 0 radical (unpaired) electrons. The smallest absolute Gasteiger partial charge is 0.261 e. The Morgan fingerprint density at radius 3 is 2.40 bits per heavy atom. The number of hydrogen-bond donors (Lipinski definition) is 2. The number of amides is 1. The van der Waals surface area contributed by atoms with Gasteiger partial charge in [-0.25, -0.2) is 4.39 Å². The molecular weight excluding hydrogens is 306 g/mol. The van der Waals surface area contributed by atoms with Crippen LogP contribution in [0, 0.1) is 12.7 Å². The van der Waals surface area contributed by atoms with Crippen LogP contribution in [-0.4, -0.2) is 10.9 Å². The molecule has 2 rings (SSSR count). The van der Waals surface area contributed by atoms with Crippen LogP contribution in [0.4, 0.5) is 10.1 Å². The molecule has 0 unspecified atom stereocenters. The number of rotatable bonds is 2. The van der Waals surface area contributed by atoms with Crippen molar-refractivity contribution in [2.75, 3.05) is 5.32 Å². The summed E-state index contributed by atoms with van der Waals surface area (Å²) in [5.74, 6) is -1.40. The Hall–Kier alpha value is -1.85. The lowest BCUT2D eigenvalue weighted by Gasteiger charge is -2.07. The fraction of sp³-hybridized carbons (Fsp3) is 0.0769. The number of nitrogens with one attached hydrogen (secondary N) is 2. The van der Waals surface area contributed by atoms with Crippen LogP contribution >= 0.6 is 23.2 Å². The summed E-state index contributed by atoms with van der Waals surface area (Å²) in [5.41, 5.74) is 0.357. The monoisotopic (exact) mass is 314 g/mol. The zero-order valence-electron chi connectivity index (χ0n) is 10.3. The van der Waals surface area contributed by atoms with Crippen molar-refractivity contribution in [1.29, 1.82) is 0 Å². The van der Waals surface area contributed by atoms with Gasteiger partial charge >= 0.3 is 0 Å². The quantitative estimate of drug-likeness (QED) is 0.835. The van der Waals surface area contributed by atoms with Crippen LogP contribution in [0.15, 0.2) is 29.2 Å². The zero-order chi connectivity index (χ0) is 14.9. The topological polar surface area (TPSA) is 62.0 Å². The minimum Gasteiger partial charge on any atom is -0.364 e. The molecule has 0 aliphatic heterocycles. The first kappa shape index (κ1) is 14.6. The van der Waals surface area contributed by atoms with Crippen molar-refractivity contribution in [3.8, 4) is 0 Å². The molecule has 2 aromatic rings. The van der Waals surface area contributed by atoms with E-state index >= 15 is 0 Å². The van der Waals surface area contributed by atoms with Gasteiger partial charge in [0.1, 0.15) is 5.56 Å². The molecule has 0 saturated heterocycles. The van der Waals surface area contributed by atoms with Gasteiger partial charge in [-0.05, 0) is 19.1 Å². The Kier molecular flexibility index (Phi) is 4.11. The largest absolute Gasteiger partial charge is 0.364 e. The molecule has 1 aromatic carbocycles.